The first-order valence-corrected chi connectivity index (χ1v) is 8.78. The molecule has 1 aromatic rings. The molecule has 116 valence electrons. The molecule has 0 aliphatic heterocycles. The van der Waals surface area contributed by atoms with Crippen LogP contribution in [0.15, 0.2) is 24.3 Å². The smallest absolute Gasteiger partial charge is 0.485 e. The van der Waals surface area contributed by atoms with E-state index >= 15 is 0 Å². The van der Waals surface area contributed by atoms with E-state index in [2.05, 4.69) is 24.6 Å². The molecular formula is C11H15F3O4S2. The zero-order chi connectivity index (χ0) is 16.0. The van der Waals surface area contributed by atoms with Crippen molar-refractivity contribution in [1.82, 2.24) is 0 Å². The molecule has 4 nitrogen and oxygen atoms in total. The van der Waals surface area contributed by atoms with Gasteiger partial charge in [-0.25, -0.2) is 8.42 Å². The summed E-state index contributed by atoms with van der Waals surface area (Å²) in [4.78, 5) is 0. The van der Waals surface area contributed by atoms with Gasteiger partial charge in [0.05, 0.1) is 19.6 Å². The van der Waals surface area contributed by atoms with Crippen molar-refractivity contribution in [3.63, 3.8) is 0 Å². The monoisotopic (exact) mass is 332 g/mol. The summed E-state index contributed by atoms with van der Waals surface area (Å²) in [6, 6.07) is 8.29. The minimum Gasteiger partial charge on any atom is -0.741 e. The fourth-order valence-electron chi connectivity index (χ4n) is 1.06. The summed E-state index contributed by atoms with van der Waals surface area (Å²) >= 11 is 0. The number of hydrogen-bond acceptors (Lipinski definition) is 4. The van der Waals surface area contributed by atoms with Gasteiger partial charge in [0, 0.05) is 5.56 Å². The van der Waals surface area contributed by atoms with Crippen LogP contribution in [-0.2, 0) is 26.8 Å². The number of halogens is 3. The molecule has 0 fully saturated rings. The topological polar surface area (TPSA) is 66.4 Å². The Hall–Kier alpha value is -0.930. The van der Waals surface area contributed by atoms with Crippen LogP contribution in [0.5, 0.6) is 5.75 Å². The van der Waals surface area contributed by atoms with Gasteiger partial charge in [-0.2, -0.15) is 13.2 Å². The van der Waals surface area contributed by atoms with E-state index in [1.165, 1.54) is 11.3 Å². The quantitative estimate of drug-likeness (QED) is 0.483. The normalized spacial score (nSPS) is 11.8. The maximum Gasteiger partial charge on any atom is 0.485 e. The first-order valence-electron chi connectivity index (χ1n) is 5.16. The molecular weight excluding hydrogens is 317 g/mol. The summed E-state index contributed by atoms with van der Waals surface area (Å²) in [6.45, 7) is 0. The number of ether oxygens (including phenoxy) is 1. The van der Waals surface area contributed by atoms with E-state index in [-0.39, 0.29) is 0 Å². The van der Waals surface area contributed by atoms with E-state index in [1.54, 1.807) is 7.11 Å². The van der Waals surface area contributed by atoms with Crippen LogP contribution < -0.4 is 4.74 Å². The third-order valence-corrected chi connectivity index (χ3v) is 3.38. The largest absolute Gasteiger partial charge is 0.741 e. The SMILES string of the molecule is COc1ccc(C[S+](C)C)cc1.O=S(=O)([O-])C(F)(F)F. The highest BCUT2D eigenvalue weighted by Crippen LogP contribution is 2.20. The lowest BCUT2D eigenvalue weighted by Crippen LogP contribution is -2.21. The summed E-state index contributed by atoms with van der Waals surface area (Å²) < 4.78 is 64.0. The third kappa shape index (κ3) is 7.61. The number of rotatable bonds is 3. The lowest BCUT2D eigenvalue weighted by molar-refractivity contribution is -0.0517. The average molecular weight is 332 g/mol. The molecule has 9 heteroatoms. The number of hydrogen-bond donors (Lipinski definition) is 0. The molecule has 0 aliphatic carbocycles. The predicted molar refractivity (Wildman–Crippen MR) is 71.7 cm³/mol. The first-order chi connectivity index (χ1) is 8.97. The Morgan fingerprint density at radius 2 is 1.60 bits per heavy atom. The Morgan fingerprint density at radius 1 is 1.20 bits per heavy atom. The minimum absolute atomic E-state index is 0.484. The summed E-state index contributed by atoms with van der Waals surface area (Å²) in [5, 5.41) is 0. The molecule has 0 aromatic heterocycles. The molecule has 0 unspecified atom stereocenters. The fraction of sp³-hybridized carbons (Fsp3) is 0.455. The number of alkyl halides is 3. The van der Waals surface area contributed by atoms with Gasteiger partial charge in [0.1, 0.15) is 11.5 Å². The van der Waals surface area contributed by atoms with Crippen molar-refractivity contribution < 1.29 is 30.9 Å². The molecule has 0 heterocycles. The second-order valence-electron chi connectivity index (χ2n) is 3.88. The van der Waals surface area contributed by atoms with Gasteiger partial charge in [-0.05, 0) is 23.0 Å². The van der Waals surface area contributed by atoms with Gasteiger partial charge < -0.3 is 9.29 Å². The van der Waals surface area contributed by atoms with E-state index in [1.807, 2.05) is 12.1 Å². The summed E-state index contributed by atoms with van der Waals surface area (Å²) in [6.07, 6.45) is 4.51. The molecule has 0 radical (unpaired) electrons. The van der Waals surface area contributed by atoms with Crippen LogP contribution in [0.25, 0.3) is 0 Å². The summed E-state index contributed by atoms with van der Waals surface area (Å²) in [7, 11) is -3.91. The molecule has 0 saturated carbocycles. The fourth-order valence-corrected chi connectivity index (χ4v) is 1.91. The second-order valence-corrected chi connectivity index (χ2v) is 7.51. The van der Waals surface area contributed by atoms with Crippen molar-refractivity contribution in [3.05, 3.63) is 29.8 Å². The lowest BCUT2D eigenvalue weighted by atomic mass is 10.2. The van der Waals surface area contributed by atoms with Crippen molar-refractivity contribution in [1.29, 1.82) is 0 Å². The van der Waals surface area contributed by atoms with Crippen molar-refractivity contribution >= 4 is 21.0 Å². The van der Waals surface area contributed by atoms with E-state index in [4.69, 9.17) is 17.7 Å². The highest BCUT2D eigenvalue weighted by Gasteiger charge is 2.36. The Kier molecular flexibility index (Phi) is 7.39. The molecule has 0 spiro atoms. The van der Waals surface area contributed by atoms with Crippen LogP contribution in [0.1, 0.15) is 5.56 Å². The van der Waals surface area contributed by atoms with E-state index in [0.717, 1.165) is 5.75 Å². The van der Waals surface area contributed by atoms with Gasteiger partial charge in [0.2, 0.25) is 0 Å². The van der Waals surface area contributed by atoms with Gasteiger partial charge in [-0.15, -0.1) is 0 Å². The van der Waals surface area contributed by atoms with Crippen LogP contribution in [0.2, 0.25) is 0 Å². The Bertz CT molecular complexity index is 495. The number of benzene rings is 1. The molecule has 0 N–H and O–H groups in total. The third-order valence-electron chi connectivity index (χ3n) is 1.90. The Morgan fingerprint density at radius 3 is 1.85 bits per heavy atom. The van der Waals surface area contributed by atoms with Crippen LogP contribution in [0, 0.1) is 0 Å². The van der Waals surface area contributed by atoms with Gasteiger partial charge in [0.15, 0.2) is 10.1 Å². The predicted octanol–water partition coefficient (Wildman–Crippen LogP) is 2.12. The Labute approximate surface area is 119 Å². The van der Waals surface area contributed by atoms with Crippen molar-refractivity contribution in [2.45, 2.75) is 11.3 Å². The molecule has 0 aliphatic rings. The highest BCUT2D eigenvalue weighted by atomic mass is 32.2. The van der Waals surface area contributed by atoms with E-state index in [0.29, 0.717) is 10.9 Å². The lowest BCUT2D eigenvalue weighted by Gasteiger charge is -2.08. The summed E-state index contributed by atoms with van der Waals surface area (Å²) in [5.41, 5.74) is -4.25. The average Bonchev–Trinajstić information content (AvgIpc) is 2.27. The van der Waals surface area contributed by atoms with Crippen LogP contribution >= 0.6 is 0 Å². The molecule has 20 heavy (non-hydrogen) atoms. The van der Waals surface area contributed by atoms with Crippen molar-refractivity contribution in [2.75, 3.05) is 19.6 Å². The zero-order valence-electron chi connectivity index (χ0n) is 11.1. The molecule has 0 amide bonds. The van der Waals surface area contributed by atoms with Crippen molar-refractivity contribution in [2.24, 2.45) is 0 Å². The Balaban J connectivity index is 0.000000396. The van der Waals surface area contributed by atoms with Gasteiger partial charge in [-0.1, -0.05) is 12.1 Å². The van der Waals surface area contributed by atoms with E-state index < -0.39 is 15.6 Å². The minimum atomic E-state index is -6.09. The van der Waals surface area contributed by atoms with Crippen LogP contribution in [-0.4, -0.2) is 38.1 Å². The highest BCUT2D eigenvalue weighted by molar-refractivity contribution is 7.94. The maximum absolute atomic E-state index is 10.7. The molecule has 0 bridgehead atoms. The summed E-state index contributed by atoms with van der Waals surface area (Å²) in [5.74, 6) is 2.11. The number of methoxy groups -OCH3 is 1. The second kappa shape index (κ2) is 7.75. The molecule has 0 saturated heterocycles. The molecule has 1 aromatic carbocycles. The maximum atomic E-state index is 10.7. The van der Waals surface area contributed by atoms with Gasteiger partial charge >= 0.3 is 5.51 Å². The van der Waals surface area contributed by atoms with Gasteiger partial charge in [0.25, 0.3) is 0 Å². The zero-order valence-corrected chi connectivity index (χ0v) is 12.7. The standard InChI is InChI=1S/C10H15OS.CHF3O3S/c1-11-10-6-4-9(5-7-10)8-12(2)3;2-1(3,4)8(5,6)7/h4-7H,8H2,1-3H3;(H,5,6,7)/q+1;/p-1. The molecule has 0 atom stereocenters. The molecule has 1 rings (SSSR count). The van der Waals surface area contributed by atoms with Crippen LogP contribution in [0.3, 0.4) is 0 Å². The first kappa shape index (κ1) is 19.1. The van der Waals surface area contributed by atoms with E-state index in [9.17, 15) is 13.2 Å². The van der Waals surface area contributed by atoms with Gasteiger partial charge in [-0.3, -0.25) is 0 Å². The van der Waals surface area contributed by atoms with Crippen molar-refractivity contribution in [3.8, 4) is 5.75 Å². The van der Waals surface area contributed by atoms with Crippen LogP contribution in [0.4, 0.5) is 13.2 Å².